The molecular weight excluding hydrogens is 422 g/mol. The first-order valence-electron chi connectivity index (χ1n) is 9.56. The Hall–Kier alpha value is -2.97. The summed E-state index contributed by atoms with van der Waals surface area (Å²) in [6, 6.07) is 10.9. The number of benzene rings is 2. The van der Waals surface area contributed by atoms with E-state index >= 15 is 0 Å². The molecule has 30 heavy (non-hydrogen) atoms. The van der Waals surface area contributed by atoms with Gasteiger partial charge in [-0.25, -0.2) is 0 Å². The summed E-state index contributed by atoms with van der Waals surface area (Å²) < 4.78 is 7.19. The monoisotopic (exact) mass is 441 g/mol. The zero-order valence-corrected chi connectivity index (χ0v) is 18.3. The molecule has 2 aromatic carbocycles. The largest absolute Gasteiger partial charge is 0.492 e. The molecule has 0 bridgehead atoms. The molecule has 1 N–H and O–H groups in total. The van der Waals surface area contributed by atoms with Gasteiger partial charge in [-0.1, -0.05) is 42.0 Å². The van der Waals surface area contributed by atoms with Gasteiger partial charge in [0.2, 0.25) is 4.96 Å². The summed E-state index contributed by atoms with van der Waals surface area (Å²) >= 11 is 7.68. The minimum absolute atomic E-state index is 0.244. The van der Waals surface area contributed by atoms with Crippen LogP contribution in [0.1, 0.15) is 35.6 Å². The number of anilines is 1. The van der Waals surface area contributed by atoms with Gasteiger partial charge in [-0.3, -0.25) is 4.79 Å². The molecule has 0 aliphatic carbocycles. The number of carbonyl (C=O) groups excluding carboxylic acids is 1. The highest BCUT2D eigenvalue weighted by Gasteiger charge is 2.15. The second-order valence-corrected chi connectivity index (χ2v) is 8.00. The number of amides is 1. The average Bonchev–Trinajstić information content (AvgIpc) is 3.32. The molecule has 0 spiro atoms. The third kappa shape index (κ3) is 3.88. The topological polar surface area (TPSA) is 81.4 Å². The van der Waals surface area contributed by atoms with Crippen LogP contribution in [0.15, 0.2) is 36.4 Å². The van der Waals surface area contributed by atoms with Crippen molar-refractivity contribution in [1.29, 1.82) is 0 Å². The fourth-order valence-corrected chi connectivity index (χ4v) is 4.08. The van der Waals surface area contributed by atoms with Crippen LogP contribution in [0.4, 0.5) is 5.69 Å². The third-order valence-corrected chi connectivity index (χ3v) is 5.84. The molecule has 0 saturated carbocycles. The molecule has 0 atom stereocenters. The van der Waals surface area contributed by atoms with Crippen LogP contribution in [0.2, 0.25) is 5.02 Å². The van der Waals surface area contributed by atoms with Gasteiger partial charge < -0.3 is 10.1 Å². The standard InChI is InChI=1S/C21H20ClN5O2S/c1-4-18-24-25-21-27(18)26-20(30-21)14-7-6-12(3)16(11-14)23-19(28)13-8-9-17(29-5-2)15(22)10-13/h6-11H,4-5H2,1-3H3,(H,23,28). The van der Waals surface area contributed by atoms with Crippen LogP contribution in [0.25, 0.3) is 15.5 Å². The Morgan fingerprint density at radius 2 is 2.03 bits per heavy atom. The molecule has 1 amide bonds. The number of carbonyl (C=O) groups is 1. The zero-order valence-electron chi connectivity index (χ0n) is 16.8. The summed E-state index contributed by atoms with van der Waals surface area (Å²) in [7, 11) is 0. The number of hydrogen-bond acceptors (Lipinski definition) is 6. The third-order valence-electron chi connectivity index (χ3n) is 4.60. The van der Waals surface area contributed by atoms with Crippen molar-refractivity contribution in [1.82, 2.24) is 19.8 Å². The van der Waals surface area contributed by atoms with Crippen LogP contribution in [0.3, 0.4) is 0 Å². The summed E-state index contributed by atoms with van der Waals surface area (Å²) in [4.78, 5) is 13.5. The number of rotatable bonds is 6. The first-order valence-corrected chi connectivity index (χ1v) is 10.8. The van der Waals surface area contributed by atoms with Crippen LogP contribution in [0.5, 0.6) is 5.75 Å². The second kappa shape index (κ2) is 8.41. The Balaban J connectivity index is 1.60. The molecule has 0 unspecified atom stereocenters. The highest BCUT2D eigenvalue weighted by Crippen LogP contribution is 2.30. The fraction of sp³-hybridized carbons (Fsp3) is 0.238. The molecule has 0 aliphatic rings. The first-order chi connectivity index (χ1) is 14.5. The van der Waals surface area contributed by atoms with E-state index in [1.165, 1.54) is 11.3 Å². The van der Waals surface area contributed by atoms with Crippen molar-refractivity contribution in [3.63, 3.8) is 0 Å². The maximum Gasteiger partial charge on any atom is 0.255 e. The lowest BCUT2D eigenvalue weighted by molar-refractivity contribution is 0.102. The number of ether oxygens (including phenoxy) is 1. The van der Waals surface area contributed by atoms with E-state index in [0.29, 0.717) is 28.6 Å². The number of hydrogen-bond donors (Lipinski definition) is 1. The molecule has 4 rings (SSSR count). The minimum Gasteiger partial charge on any atom is -0.492 e. The Morgan fingerprint density at radius 1 is 1.20 bits per heavy atom. The Bertz CT molecular complexity index is 1230. The van der Waals surface area contributed by atoms with Gasteiger partial charge in [0.05, 0.1) is 11.6 Å². The Labute approximate surface area is 182 Å². The Morgan fingerprint density at radius 3 is 2.77 bits per heavy atom. The number of nitrogens with one attached hydrogen (secondary N) is 1. The van der Waals surface area contributed by atoms with Crippen LogP contribution < -0.4 is 10.1 Å². The predicted octanol–water partition coefficient (Wildman–Crippen LogP) is 5.03. The molecule has 0 radical (unpaired) electrons. The van der Waals surface area contributed by atoms with Crippen molar-refractivity contribution < 1.29 is 9.53 Å². The molecular formula is C21H20ClN5O2S. The number of aryl methyl sites for hydroxylation is 2. The molecule has 0 aliphatic heterocycles. The van der Waals surface area contributed by atoms with Gasteiger partial charge in [-0.05, 0) is 43.7 Å². The molecule has 7 nitrogen and oxygen atoms in total. The van der Waals surface area contributed by atoms with Crippen molar-refractivity contribution in [2.45, 2.75) is 27.2 Å². The summed E-state index contributed by atoms with van der Waals surface area (Å²) in [5.41, 5.74) is 3.02. The molecule has 0 fully saturated rings. The lowest BCUT2D eigenvalue weighted by atomic mass is 10.1. The molecule has 4 aromatic rings. The highest BCUT2D eigenvalue weighted by atomic mass is 35.5. The van der Waals surface area contributed by atoms with Gasteiger partial charge >= 0.3 is 0 Å². The fourth-order valence-electron chi connectivity index (χ4n) is 2.99. The molecule has 9 heteroatoms. The van der Waals surface area contributed by atoms with Crippen LogP contribution in [-0.4, -0.2) is 32.3 Å². The lowest BCUT2D eigenvalue weighted by Crippen LogP contribution is -2.13. The molecule has 2 aromatic heterocycles. The van der Waals surface area contributed by atoms with Crippen molar-refractivity contribution in [3.05, 3.63) is 58.4 Å². The van der Waals surface area contributed by atoms with Gasteiger partial charge in [0.15, 0.2) is 5.82 Å². The van der Waals surface area contributed by atoms with Crippen LogP contribution >= 0.6 is 22.9 Å². The maximum absolute atomic E-state index is 12.8. The molecule has 2 heterocycles. The summed E-state index contributed by atoms with van der Waals surface area (Å²) in [5, 5.41) is 17.1. The number of fused-ring (bicyclic) bond motifs is 1. The van der Waals surface area contributed by atoms with E-state index < -0.39 is 0 Å². The lowest BCUT2D eigenvalue weighted by Gasteiger charge is -2.11. The minimum atomic E-state index is -0.244. The number of halogens is 1. The van der Waals surface area contributed by atoms with E-state index in [2.05, 4.69) is 20.6 Å². The van der Waals surface area contributed by atoms with E-state index in [0.717, 1.165) is 33.3 Å². The van der Waals surface area contributed by atoms with E-state index in [1.807, 2.05) is 39.0 Å². The normalized spacial score (nSPS) is 11.1. The SMILES string of the molecule is CCOc1ccc(C(=O)Nc2cc(-c3nn4c(CC)nnc4s3)ccc2C)cc1Cl. The molecule has 0 saturated heterocycles. The average molecular weight is 442 g/mol. The number of nitrogens with zero attached hydrogens (tertiary/aromatic N) is 4. The number of aromatic nitrogens is 4. The van der Waals surface area contributed by atoms with Crippen molar-refractivity contribution in [2.24, 2.45) is 0 Å². The summed E-state index contributed by atoms with van der Waals surface area (Å²) in [5.74, 6) is 1.13. The van der Waals surface area contributed by atoms with Crippen LogP contribution in [0, 0.1) is 6.92 Å². The van der Waals surface area contributed by atoms with E-state index in [-0.39, 0.29) is 5.91 Å². The second-order valence-electron chi connectivity index (χ2n) is 6.63. The van der Waals surface area contributed by atoms with E-state index in [4.69, 9.17) is 16.3 Å². The van der Waals surface area contributed by atoms with Gasteiger partial charge in [-0.15, -0.1) is 10.2 Å². The maximum atomic E-state index is 12.8. The van der Waals surface area contributed by atoms with E-state index in [9.17, 15) is 4.79 Å². The van der Waals surface area contributed by atoms with Crippen molar-refractivity contribution in [3.8, 4) is 16.3 Å². The van der Waals surface area contributed by atoms with E-state index in [1.54, 1.807) is 22.7 Å². The van der Waals surface area contributed by atoms with Crippen molar-refractivity contribution in [2.75, 3.05) is 11.9 Å². The van der Waals surface area contributed by atoms with Gasteiger partial charge in [0, 0.05) is 23.2 Å². The first kappa shape index (κ1) is 20.3. The highest BCUT2D eigenvalue weighted by molar-refractivity contribution is 7.19. The van der Waals surface area contributed by atoms with Gasteiger partial charge in [0.1, 0.15) is 10.8 Å². The zero-order chi connectivity index (χ0) is 21.3. The summed E-state index contributed by atoms with van der Waals surface area (Å²) in [6.45, 7) is 6.35. The summed E-state index contributed by atoms with van der Waals surface area (Å²) in [6.07, 6.45) is 0.754. The quantitative estimate of drug-likeness (QED) is 0.454. The Kier molecular flexibility index (Phi) is 5.69. The van der Waals surface area contributed by atoms with Gasteiger partial charge in [-0.2, -0.15) is 9.61 Å². The van der Waals surface area contributed by atoms with Crippen molar-refractivity contribution >= 4 is 39.5 Å². The smallest absolute Gasteiger partial charge is 0.255 e. The van der Waals surface area contributed by atoms with Crippen LogP contribution in [-0.2, 0) is 6.42 Å². The molecule has 154 valence electrons. The van der Waals surface area contributed by atoms with Gasteiger partial charge in [0.25, 0.3) is 5.91 Å². The predicted molar refractivity (Wildman–Crippen MR) is 119 cm³/mol.